The van der Waals surface area contributed by atoms with Gasteiger partial charge in [-0.25, -0.2) is 4.79 Å². The van der Waals surface area contributed by atoms with Crippen LogP contribution in [0.2, 0.25) is 0 Å². The second kappa shape index (κ2) is 18.7. The van der Waals surface area contributed by atoms with Crippen LogP contribution in [0, 0.1) is 5.41 Å². The number of likely N-dealkylation sites (tertiary alicyclic amines) is 1. The number of carbonyl (C=O) groups excluding carboxylic acids is 5. The summed E-state index contributed by atoms with van der Waals surface area (Å²) >= 11 is 0. The fourth-order valence-electron chi connectivity index (χ4n) is 7.06. The molecular weight excluding hydrogens is 683 g/mol. The van der Waals surface area contributed by atoms with Crippen LogP contribution in [0.15, 0.2) is 79.1 Å². The lowest BCUT2D eigenvalue weighted by atomic mass is 9.87. The number of aryl methyl sites for hydroxylation is 2. The quantitative estimate of drug-likeness (QED) is 0.202. The second-order valence-corrected chi connectivity index (χ2v) is 15.7. The van der Waals surface area contributed by atoms with Crippen LogP contribution in [0.25, 0.3) is 0 Å². The van der Waals surface area contributed by atoms with Crippen molar-refractivity contribution >= 4 is 29.7 Å². The molecule has 3 aromatic rings. The summed E-state index contributed by atoms with van der Waals surface area (Å²) in [5, 5.41) is 11.8. The van der Waals surface area contributed by atoms with Crippen LogP contribution in [0.4, 0.5) is 4.79 Å². The smallest absolute Gasteiger partial charge is 0.318 e. The zero-order chi connectivity index (χ0) is 38.7. The van der Waals surface area contributed by atoms with Gasteiger partial charge in [0.2, 0.25) is 17.7 Å². The third kappa shape index (κ3) is 11.4. The van der Waals surface area contributed by atoms with E-state index in [-0.39, 0.29) is 41.6 Å². The Balaban J connectivity index is 1.28. The fourth-order valence-corrected chi connectivity index (χ4v) is 7.06. The van der Waals surface area contributed by atoms with Crippen molar-refractivity contribution in [1.29, 1.82) is 0 Å². The van der Waals surface area contributed by atoms with Crippen LogP contribution < -0.4 is 21.3 Å². The van der Waals surface area contributed by atoms with E-state index in [0.717, 1.165) is 30.4 Å². The molecule has 1 aliphatic heterocycles. The van der Waals surface area contributed by atoms with Crippen LogP contribution in [0.5, 0.6) is 0 Å². The van der Waals surface area contributed by atoms with E-state index in [9.17, 15) is 24.0 Å². The molecule has 4 N–H and O–H groups in total. The first-order valence-corrected chi connectivity index (χ1v) is 19.1. The average Bonchev–Trinajstić information content (AvgIpc) is 3.18. The number of benzene rings is 2. The highest BCUT2D eigenvalue weighted by atomic mass is 16.2. The van der Waals surface area contributed by atoms with Crippen LogP contribution >= 0.6 is 0 Å². The van der Waals surface area contributed by atoms with Gasteiger partial charge in [-0.05, 0) is 79.2 Å². The van der Waals surface area contributed by atoms with Gasteiger partial charge in [0.05, 0.1) is 18.0 Å². The maximum atomic E-state index is 14.1. The molecule has 5 rings (SSSR count). The van der Waals surface area contributed by atoms with E-state index in [2.05, 4.69) is 32.3 Å². The summed E-state index contributed by atoms with van der Waals surface area (Å²) in [4.78, 5) is 75.3. The summed E-state index contributed by atoms with van der Waals surface area (Å²) in [5.41, 5.74) is 3.62. The standard InChI is InChI=1S/C42H55N7O5/c1-42(2,3)28-44-37(50)26-36(47-41(54)49-24-21-32(22-25-49)48(4)40(53)31-16-11-23-43-27-31)39(52)46-35(20-19-29-12-6-5-7-13-29)38(51)45-34-18-10-15-30-14-8-9-17-33(30)34/h5-9,11-14,16-17,23,27,32,34-36H,10,15,18-22,24-26,28H2,1-4H3,(H,44,50)(H,45,51)(H,46,52)(H,47,54)/t34-,35+,36+/m1/s1. The Morgan fingerprint density at radius 2 is 1.59 bits per heavy atom. The molecule has 0 spiro atoms. The molecule has 2 heterocycles. The highest BCUT2D eigenvalue weighted by Crippen LogP contribution is 2.29. The minimum absolute atomic E-state index is 0.0796. The molecule has 0 saturated carbocycles. The number of rotatable bonds is 13. The number of hydrogen-bond donors (Lipinski definition) is 4. The normalized spacial score (nSPS) is 17.0. The maximum absolute atomic E-state index is 14.1. The number of nitrogens with zero attached hydrogens (tertiary/aromatic N) is 3. The Morgan fingerprint density at radius 3 is 2.30 bits per heavy atom. The van der Waals surface area contributed by atoms with Gasteiger partial charge in [-0.1, -0.05) is 75.4 Å². The minimum atomic E-state index is -1.23. The predicted molar refractivity (Wildman–Crippen MR) is 207 cm³/mol. The van der Waals surface area contributed by atoms with E-state index < -0.39 is 24.0 Å². The molecular formula is C42H55N7O5. The van der Waals surface area contributed by atoms with Gasteiger partial charge in [-0.2, -0.15) is 0 Å². The van der Waals surface area contributed by atoms with Crippen molar-refractivity contribution in [3.8, 4) is 0 Å². The average molecular weight is 738 g/mol. The number of fused-ring (bicyclic) bond motifs is 1. The SMILES string of the molecule is CN(C(=O)c1cccnc1)C1CCN(C(=O)N[C@@H](CC(=O)NCC(C)(C)C)C(=O)N[C@@H](CCc2ccccc2)C(=O)N[C@@H]2CCCc3ccccc32)CC1. The zero-order valence-electron chi connectivity index (χ0n) is 32.0. The third-order valence-corrected chi connectivity index (χ3v) is 10.2. The molecule has 0 bridgehead atoms. The largest absolute Gasteiger partial charge is 0.355 e. The van der Waals surface area contributed by atoms with Crippen molar-refractivity contribution in [3.63, 3.8) is 0 Å². The third-order valence-electron chi connectivity index (χ3n) is 10.2. The number of carbonyl (C=O) groups is 5. The molecule has 1 fully saturated rings. The van der Waals surface area contributed by atoms with Gasteiger partial charge in [0.25, 0.3) is 5.91 Å². The topological polar surface area (TPSA) is 153 Å². The molecule has 1 aromatic heterocycles. The highest BCUT2D eigenvalue weighted by molar-refractivity contribution is 5.95. The van der Waals surface area contributed by atoms with Gasteiger partial charge in [0.1, 0.15) is 12.1 Å². The van der Waals surface area contributed by atoms with Crippen molar-refractivity contribution in [3.05, 3.63) is 101 Å². The molecule has 12 heteroatoms. The summed E-state index contributed by atoms with van der Waals surface area (Å²) in [6.45, 7) is 7.08. The summed E-state index contributed by atoms with van der Waals surface area (Å²) in [5.74, 6) is -1.44. The molecule has 2 aromatic carbocycles. The Labute approximate surface area is 318 Å². The first-order valence-electron chi connectivity index (χ1n) is 19.1. The fraction of sp³-hybridized carbons (Fsp3) is 0.476. The maximum Gasteiger partial charge on any atom is 0.318 e. The van der Waals surface area contributed by atoms with Gasteiger partial charge in [0, 0.05) is 45.1 Å². The lowest BCUT2D eigenvalue weighted by Gasteiger charge is -2.37. The summed E-state index contributed by atoms with van der Waals surface area (Å²) in [7, 11) is 1.75. The zero-order valence-corrected chi connectivity index (χ0v) is 32.0. The molecule has 12 nitrogen and oxygen atoms in total. The van der Waals surface area contributed by atoms with Crippen molar-refractivity contribution in [2.45, 2.75) is 96.3 Å². The Bertz CT molecular complexity index is 1740. The first-order chi connectivity index (χ1) is 25.9. The van der Waals surface area contributed by atoms with E-state index in [1.807, 2.05) is 69.3 Å². The molecule has 54 heavy (non-hydrogen) atoms. The Hall–Kier alpha value is -5.26. The van der Waals surface area contributed by atoms with Crippen LogP contribution in [-0.2, 0) is 27.2 Å². The minimum Gasteiger partial charge on any atom is -0.355 e. The summed E-state index contributed by atoms with van der Waals surface area (Å²) < 4.78 is 0. The number of nitrogens with one attached hydrogen (secondary N) is 4. The lowest BCUT2D eigenvalue weighted by molar-refractivity contribution is -0.132. The molecule has 1 aliphatic carbocycles. The predicted octanol–water partition coefficient (Wildman–Crippen LogP) is 4.56. The van der Waals surface area contributed by atoms with Crippen LogP contribution in [0.1, 0.15) is 92.4 Å². The van der Waals surface area contributed by atoms with E-state index in [4.69, 9.17) is 0 Å². The van der Waals surface area contributed by atoms with E-state index >= 15 is 0 Å². The van der Waals surface area contributed by atoms with E-state index in [0.29, 0.717) is 50.9 Å². The summed E-state index contributed by atoms with van der Waals surface area (Å²) in [6.07, 6.45) is 7.50. The number of pyridine rings is 1. The van der Waals surface area contributed by atoms with E-state index in [1.54, 1.807) is 35.2 Å². The van der Waals surface area contributed by atoms with Gasteiger partial charge < -0.3 is 31.1 Å². The van der Waals surface area contributed by atoms with Gasteiger partial charge in [-0.15, -0.1) is 0 Å². The Morgan fingerprint density at radius 1 is 0.870 bits per heavy atom. The molecule has 3 atom stereocenters. The Kier molecular flexibility index (Phi) is 13.8. The number of aromatic nitrogens is 1. The molecule has 288 valence electrons. The molecule has 0 radical (unpaired) electrons. The van der Waals surface area contributed by atoms with Crippen molar-refractivity contribution < 1.29 is 24.0 Å². The van der Waals surface area contributed by atoms with Crippen molar-refractivity contribution in [1.82, 2.24) is 36.1 Å². The summed E-state index contributed by atoms with van der Waals surface area (Å²) in [6, 6.07) is 18.4. The number of urea groups is 1. The van der Waals surface area contributed by atoms with Crippen molar-refractivity contribution in [2.75, 3.05) is 26.7 Å². The molecule has 1 saturated heterocycles. The number of amides is 6. The first kappa shape index (κ1) is 39.9. The van der Waals surface area contributed by atoms with Crippen molar-refractivity contribution in [2.24, 2.45) is 5.41 Å². The molecule has 2 aliphatic rings. The van der Waals surface area contributed by atoms with Gasteiger partial charge in [0.15, 0.2) is 0 Å². The number of hydrogen-bond acceptors (Lipinski definition) is 6. The van der Waals surface area contributed by atoms with E-state index in [1.165, 1.54) is 11.8 Å². The monoisotopic (exact) mass is 737 g/mol. The van der Waals surface area contributed by atoms with Crippen LogP contribution in [-0.4, -0.2) is 89.3 Å². The second-order valence-electron chi connectivity index (χ2n) is 15.7. The van der Waals surface area contributed by atoms with Gasteiger partial charge in [-0.3, -0.25) is 24.2 Å². The molecule has 0 unspecified atom stereocenters. The van der Waals surface area contributed by atoms with Crippen LogP contribution in [0.3, 0.4) is 0 Å². The lowest BCUT2D eigenvalue weighted by Crippen LogP contribution is -2.58. The highest BCUT2D eigenvalue weighted by Gasteiger charge is 2.33. The molecule has 6 amide bonds. The van der Waals surface area contributed by atoms with Gasteiger partial charge >= 0.3 is 6.03 Å². The number of piperidine rings is 1.